The second-order valence-electron chi connectivity index (χ2n) is 8.82. The number of rotatable bonds is 6. The number of fused-ring (bicyclic) bond motifs is 1. The van der Waals surface area contributed by atoms with Crippen molar-refractivity contribution in [3.63, 3.8) is 0 Å². The summed E-state index contributed by atoms with van der Waals surface area (Å²) in [6.07, 6.45) is 3.19. The molecule has 1 heterocycles. The number of ether oxygens (including phenoxy) is 2. The highest BCUT2D eigenvalue weighted by atomic mass is 19.1. The molecule has 0 aromatic heterocycles. The highest BCUT2D eigenvalue weighted by Crippen LogP contribution is 2.42. The fourth-order valence-electron chi connectivity index (χ4n) is 4.50. The molecule has 166 valence electrons. The Balaban J connectivity index is 1.85. The lowest BCUT2D eigenvalue weighted by atomic mass is 9.85. The molecule has 0 bridgehead atoms. The van der Waals surface area contributed by atoms with Crippen LogP contribution in [0.15, 0.2) is 60.7 Å². The summed E-state index contributed by atoms with van der Waals surface area (Å²) in [5.74, 6) is 1.02. The van der Waals surface area contributed by atoms with Crippen LogP contribution in [0.1, 0.15) is 44.4 Å². The van der Waals surface area contributed by atoms with Crippen molar-refractivity contribution in [1.82, 2.24) is 0 Å². The van der Waals surface area contributed by atoms with Gasteiger partial charge in [-0.15, -0.1) is 0 Å². The highest BCUT2D eigenvalue weighted by molar-refractivity contribution is 5.88. The third kappa shape index (κ3) is 4.36. The van der Waals surface area contributed by atoms with E-state index in [9.17, 15) is 4.39 Å². The van der Waals surface area contributed by atoms with Crippen LogP contribution >= 0.6 is 0 Å². The maximum atomic E-state index is 13.9. The number of aryl methyl sites for hydroxylation is 1. The van der Waals surface area contributed by atoms with Gasteiger partial charge in [-0.05, 0) is 74.2 Å². The van der Waals surface area contributed by atoms with Crippen LogP contribution in [-0.2, 0) is 13.0 Å². The number of halogens is 1. The van der Waals surface area contributed by atoms with Crippen LogP contribution in [0.2, 0.25) is 0 Å². The summed E-state index contributed by atoms with van der Waals surface area (Å²) >= 11 is 0. The summed E-state index contributed by atoms with van der Waals surface area (Å²) < 4.78 is 25.7. The van der Waals surface area contributed by atoms with Gasteiger partial charge >= 0.3 is 0 Å². The summed E-state index contributed by atoms with van der Waals surface area (Å²) in [7, 11) is 1.57. The molecule has 1 aliphatic rings. The largest absolute Gasteiger partial charge is 0.496 e. The Morgan fingerprint density at radius 2 is 1.78 bits per heavy atom. The van der Waals surface area contributed by atoms with Gasteiger partial charge in [0.25, 0.3) is 0 Å². The zero-order chi connectivity index (χ0) is 22.9. The van der Waals surface area contributed by atoms with Crippen molar-refractivity contribution < 1.29 is 13.9 Å². The van der Waals surface area contributed by atoms with Gasteiger partial charge in [0, 0.05) is 28.4 Å². The molecule has 3 aromatic carbocycles. The topological polar surface area (TPSA) is 30.5 Å². The molecular formula is C28H30FNO2. The van der Waals surface area contributed by atoms with E-state index in [0.29, 0.717) is 12.4 Å². The Hall–Kier alpha value is -3.27. The van der Waals surface area contributed by atoms with Crippen LogP contribution in [0.5, 0.6) is 11.5 Å². The molecule has 0 radical (unpaired) electrons. The number of anilines is 1. The smallest absolute Gasteiger partial charge is 0.129 e. The van der Waals surface area contributed by atoms with Crippen LogP contribution < -0.4 is 14.8 Å². The van der Waals surface area contributed by atoms with Crippen molar-refractivity contribution in [2.45, 2.75) is 46.3 Å². The molecule has 3 aromatic rings. The van der Waals surface area contributed by atoms with Gasteiger partial charge < -0.3 is 14.8 Å². The van der Waals surface area contributed by atoms with Gasteiger partial charge in [0.1, 0.15) is 23.9 Å². The van der Waals surface area contributed by atoms with Crippen molar-refractivity contribution in [2.75, 3.05) is 12.4 Å². The predicted octanol–water partition coefficient (Wildman–Crippen LogP) is 7.25. The van der Waals surface area contributed by atoms with Crippen molar-refractivity contribution in [1.29, 1.82) is 0 Å². The van der Waals surface area contributed by atoms with E-state index in [2.05, 4.69) is 63.4 Å². The third-order valence-electron chi connectivity index (χ3n) is 5.89. The second-order valence-corrected chi connectivity index (χ2v) is 8.82. The molecule has 0 unspecified atom stereocenters. The molecule has 4 rings (SSSR count). The Morgan fingerprint density at radius 3 is 2.53 bits per heavy atom. The van der Waals surface area contributed by atoms with Crippen molar-refractivity contribution in [3.8, 4) is 22.6 Å². The monoisotopic (exact) mass is 431 g/mol. The number of allylic oxidation sites excluding steroid dienone is 1. The number of hydrogen-bond donors (Lipinski definition) is 1. The quantitative estimate of drug-likeness (QED) is 0.446. The van der Waals surface area contributed by atoms with Gasteiger partial charge in [-0.25, -0.2) is 4.39 Å². The van der Waals surface area contributed by atoms with E-state index in [1.54, 1.807) is 13.2 Å². The highest BCUT2D eigenvalue weighted by Gasteiger charge is 2.27. The van der Waals surface area contributed by atoms with Gasteiger partial charge in [0.05, 0.1) is 12.6 Å². The number of hydrogen-bond acceptors (Lipinski definition) is 3. The summed E-state index contributed by atoms with van der Waals surface area (Å²) in [6.45, 7) is 8.96. The molecule has 3 nitrogen and oxygen atoms in total. The lowest BCUT2D eigenvalue weighted by Crippen LogP contribution is -2.32. The lowest BCUT2D eigenvalue weighted by molar-refractivity contribution is 0.306. The van der Waals surface area contributed by atoms with E-state index in [0.717, 1.165) is 40.1 Å². The minimum Gasteiger partial charge on any atom is -0.496 e. The van der Waals surface area contributed by atoms with Crippen LogP contribution in [0.25, 0.3) is 16.7 Å². The molecule has 1 aliphatic heterocycles. The van der Waals surface area contributed by atoms with E-state index < -0.39 is 0 Å². The first kappa shape index (κ1) is 21.9. The van der Waals surface area contributed by atoms with Crippen molar-refractivity contribution >= 4 is 11.3 Å². The average Bonchev–Trinajstić information content (AvgIpc) is 2.76. The molecule has 0 amide bonds. The summed E-state index contributed by atoms with van der Waals surface area (Å²) in [4.78, 5) is 0. The van der Waals surface area contributed by atoms with Crippen LogP contribution in [0.4, 0.5) is 10.1 Å². The molecule has 0 atom stereocenters. The first-order valence-corrected chi connectivity index (χ1v) is 11.0. The van der Waals surface area contributed by atoms with Gasteiger partial charge in [0.15, 0.2) is 0 Å². The molecule has 4 heteroatoms. The maximum Gasteiger partial charge on any atom is 0.129 e. The minimum atomic E-state index is -0.322. The number of nitrogens with one attached hydrogen (secondary N) is 1. The van der Waals surface area contributed by atoms with Gasteiger partial charge in [0.2, 0.25) is 0 Å². The SMILES string of the molecule is CCc1cccc(OCc2c(-c3ccc(F)cc3OC)ccc3c2C(C)=CC(C)(C)N3)c1. The maximum absolute atomic E-state index is 13.9. The zero-order valence-corrected chi connectivity index (χ0v) is 19.4. The molecule has 1 N–H and O–H groups in total. The first-order valence-electron chi connectivity index (χ1n) is 11.0. The Labute approximate surface area is 189 Å². The molecule has 32 heavy (non-hydrogen) atoms. The fourth-order valence-corrected chi connectivity index (χ4v) is 4.50. The van der Waals surface area contributed by atoms with Crippen molar-refractivity contribution in [2.24, 2.45) is 0 Å². The molecule has 0 spiro atoms. The van der Waals surface area contributed by atoms with Crippen LogP contribution in [-0.4, -0.2) is 12.6 Å². The Morgan fingerprint density at radius 1 is 1.00 bits per heavy atom. The average molecular weight is 432 g/mol. The Kier molecular flexibility index (Phi) is 5.96. The zero-order valence-electron chi connectivity index (χ0n) is 19.4. The molecule has 0 aliphatic carbocycles. The summed E-state index contributed by atoms with van der Waals surface area (Å²) in [6, 6.07) is 17.0. The summed E-state index contributed by atoms with van der Waals surface area (Å²) in [5, 5.41) is 3.62. The van der Waals surface area contributed by atoms with E-state index in [1.807, 2.05) is 12.1 Å². The van der Waals surface area contributed by atoms with Crippen LogP contribution in [0, 0.1) is 5.82 Å². The van der Waals surface area contributed by atoms with E-state index >= 15 is 0 Å². The van der Waals surface area contributed by atoms with E-state index in [1.165, 1.54) is 23.3 Å². The van der Waals surface area contributed by atoms with Crippen LogP contribution in [0.3, 0.4) is 0 Å². The molecule has 0 saturated carbocycles. The Bertz CT molecular complexity index is 1180. The normalized spacial score (nSPS) is 14.2. The fraction of sp³-hybridized carbons (Fsp3) is 0.286. The lowest BCUT2D eigenvalue weighted by Gasteiger charge is -2.33. The van der Waals surface area contributed by atoms with Crippen molar-refractivity contribution in [3.05, 3.63) is 83.2 Å². The number of methoxy groups -OCH3 is 1. The third-order valence-corrected chi connectivity index (χ3v) is 5.89. The van der Waals surface area contributed by atoms with Gasteiger partial charge in [-0.1, -0.05) is 31.2 Å². The van der Waals surface area contributed by atoms with E-state index in [4.69, 9.17) is 9.47 Å². The number of benzene rings is 3. The van der Waals surface area contributed by atoms with Gasteiger partial charge in [-0.3, -0.25) is 0 Å². The standard InChI is InChI=1S/C28H30FNO2/c1-6-19-8-7-9-21(14-19)32-17-24-22(23-11-10-20(29)15-26(23)31-5)12-13-25-27(24)18(2)16-28(3,4)30-25/h7-16,30H,6,17H2,1-5H3. The van der Waals surface area contributed by atoms with E-state index in [-0.39, 0.29) is 11.4 Å². The first-order chi connectivity index (χ1) is 15.3. The summed E-state index contributed by atoms with van der Waals surface area (Å²) in [5.41, 5.74) is 7.34. The minimum absolute atomic E-state index is 0.139. The molecule has 0 saturated heterocycles. The predicted molar refractivity (Wildman–Crippen MR) is 130 cm³/mol. The second kappa shape index (κ2) is 8.70. The van der Waals surface area contributed by atoms with Gasteiger partial charge in [-0.2, -0.15) is 0 Å². The molecule has 0 fully saturated rings. The molecular weight excluding hydrogens is 401 g/mol.